The Morgan fingerprint density at radius 1 is 1.24 bits per heavy atom. The van der Waals surface area contributed by atoms with E-state index in [-0.39, 0.29) is 11.8 Å². The van der Waals surface area contributed by atoms with Crippen molar-refractivity contribution in [2.24, 2.45) is 5.73 Å². The molecule has 1 aliphatic carbocycles. The van der Waals surface area contributed by atoms with Gasteiger partial charge < -0.3 is 16.4 Å². The lowest BCUT2D eigenvalue weighted by Gasteiger charge is -2.17. The Kier molecular flexibility index (Phi) is 5.33. The molecule has 1 fully saturated rings. The van der Waals surface area contributed by atoms with Gasteiger partial charge in [0.15, 0.2) is 0 Å². The van der Waals surface area contributed by atoms with Gasteiger partial charge >= 0.3 is 0 Å². The van der Waals surface area contributed by atoms with Crippen LogP contribution in [0.25, 0.3) is 0 Å². The maximum absolute atomic E-state index is 12.0. The molecule has 4 N–H and O–H groups in total. The molecular formula is C16H23N3O2. The molecule has 0 aliphatic heterocycles. The number of hydrogen-bond acceptors (Lipinski definition) is 3. The number of aryl methyl sites for hydroxylation is 1. The predicted molar refractivity (Wildman–Crippen MR) is 81.5 cm³/mol. The van der Waals surface area contributed by atoms with E-state index in [2.05, 4.69) is 10.6 Å². The highest BCUT2D eigenvalue weighted by Crippen LogP contribution is 2.18. The number of carbonyl (C=O) groups is 2. The van der Waals surface area contributed by atoms with Crippen molar-refractivity contribution in [1.82, 2.24) is 10.6 Å². The molecule has 0 saturated heterocycles. The van der Waals surface area contributed by atoms with Crippen LogP contribution in [0.5, 0.6) is 0 Å². The fourth-order valence-corrected chi connectivity index (χ4v) is 2.04. The fraction of sp³-hybridized carbons (Fsp3) is 0.500. The minimum absolute atomic E-state index is 0.138. The third-order valence-electron chi connectivity index (χ3n) is 3.60. The Labute approximate surface area is 125 Å². The predicted octanol–water partition coefficient (Wildman–Crippen LogP) is 0.730. The zero-order valence-corrected chi connectivity index (χ0v) is 12.3. The minimum atomic E-state index is -0.596. The second-order valence-corrected chi connectivity index (χ2v) is 5.64. The number of hydrogen-bond donors (Lipinski definition) is 3. The zero-order chi connectivity index (χ0) is 15.2. The van der Waals surface area contributed by atoms with Crippen molar-refractivity contribution in [2.45, 2.75) is 50.7 Å². The maximum atomic E-state index is 12.0. The van der Waals surface area contributed by atoms with E-state index in [1.807, 2.05) is 30.3 Å². The summed E-state index contributed by atoms with van der Waals surface area (Å²) in [6.07, 6.45) is 3.37. The van der Waals surface area contributed by atoms with Crippen molar-refractivity contribution >= 4 is 11.8 Å². The van der Waals surface area contributed by atoms with E-state index in [0.29, 0.717) is 12.5 Å². The Hall–Kier alpha value is -1.88. The summed E-state index contributed by atoms with van der Waals surface area (Å²) in [6.45, 7) is 1.68. The molecule has 0 spiro atoms. The Balaban J connectivity index is 1.72. The summed E-state index contributed by atoms with van der Waals surface area (Å²) in [6, 6.07) is 9.06. The maximum Gasteiger partial charge on any atom is 0.242 e. The van der Waals surface area contributed by atoms with Gasteiger partial charge in [0, 0.05) is 6.04 Å². The van der Waals surface area contributed by atoms with Gasteiger partial charge in [-0.3, -0.25) is 9.59 Å². The SMILES string of the molecule is CC(NC(=O)C(N)CCc1ccccc1)C(=O)NC1CC1. The molecule has 2 atom stereocenters. The summed E-state index contributed by atoms with van der Waals surface area (Å²) in [4.78, 5) is 23.7. The quantitative estimate of drug-likeness (QED) is 0.692. The van der Waals surface area contributed by atoms with E-state index in [1.165, 1.54) is 0 Å². The molecule has 0 radical (unpaired) electrons. The first-order valence-electron chi connectivity index (χ1n) is 7.46. The highest BCUT2D eigenvalue weighted by atomic mass is 16.2. The van der Waals surface area contributed by atoms with Crippen LogP contribution < -0.4 is 16.4 Å². The van der Waals surface area contributed by atoms with Gasteiger partial charge in [0.1, 0.15) is 6.04 Å². The van der Waals surface area contributed by atoms with E-state index in [9.17, 15) is 9.59 Å². The lowest BCUT2D eigenvalue weighted by molar-refractivity contribution is -0.129. The van der Waals surface area contributed by atoms with Crippen molar-refractivity contribution in [2.75, 3.05) is 0 Å². The monoisotopic (exact) mass is 289 g/mol. The lowest BCUT2D eigenvalue weighted by atomic mass is 10.1. The largest absolute Gasteiger partial charge is 0.352 e. The standard InChI is InChI=1S/C16H23N3O2/c1-11(15(20)19-13-8-9-13)18-16(21)14(17)10-7-12-5-3-2-4-6-12/h2-6,11,13-14H,7-10,17H2,1H3,(H,18,21)(H,19,20). The van der Waals surface area contributed by atoms with Gasteiger partial charge in [-0.05, 0) is 38.2 Å². The molecular weight excluding hydrogens is 266 g/mol. The van der Waals surface area contributed by atoms with Crippen LogP contribution in [0.1, 0.15) is 31.7 Å². The van der Waals surface area contributed by atoms with Crippen LogP contribution in [0.15, 0.2) is 30.3 Å². The van der Waals surface area contributed by atoms with E-state index in [0.717, 1.165) is 24.8 Å². The summed E-state index contributed by atoms with van der Waals surface area (Å²) in [7, 11) is 0. The van der Waals surface area contributed by atoms with Gasteiger partial charge in [0.05, 0.1) is 6.04 Å². The molecule has 5 nitrogen and oxygen atoms in total. The van der Waals surface area contributed by atoms with Gasteiger partial charge in [-0.25, -0.2) is 0 Å². The third-order valence-corrected chi connectivity index (χ3v) is 3.60. The van der Waals surface area contributed by atoms with Crippen molar-refractivity contribution in [3.05, 3.63) is 35.9 Å². The molecule has 2 rings (SSSR count). The first kappa shape index (κ1) is 15.5. The van der Waals surface area contributed by atoms with E-state index in [1.54, 1.807) is 6.92 Å². The molecule has 1 aromatic rings. The van der Waals surface area contributed by atoms with Crippen molar-refractivity contribution < 1.29 is 9.59 Å². The van der Waals surface area contributed by atoms with Crippen LogP contribution in [0.3, 0.4) is 0 Å². The van der Waals surface area contributed by atoms with Crippen LogP contribution in [0.4, 0.5) is 0 Å². The number of nitrogens with two attached hydrogens (primary N) is 1. The van der Waals surface area contributed by atoms with Crippen molar-refractivity contribution in [3.63, 3.8) is 0 Å². The van der Waals surface area contributed by atoms with E-state index >= 15 is 0 Å². The summed E-state index contributed by atoms with van der Waals surface area (Å²) in [5.41, 5.74) is 7.04. The molecule has 1 aromatic carbocycles. The fourth-order valence-electron chi connectivity index (χ4n) is 2.04. The number of carbonyl (C=O) groups excluding carboxylic acids is 2. The van der Waals surface area contributed by atoms with Gasteiger partial charge in [0.2, 0.25) is 11.8 Å². The zero-order valence-electron chi connectivity index (χ0n) is 12.3. The molecule has 2 amide bonds. The lowest BCUT2D eigenvalue weighted by Crippen LogP contribution is -2.50. The summed E-state index contributed by atoms with van der Waals surface area (Å²) < 4.78 is 0. The highest BCUT2D eigenvalue weighted by Gasteiger charge is 2.26. The summed E-state index contributed by atoms with van der Waals surface area (Å²) in [5, 5.41) is 5.53. The second kappa shape index (κ2) is 7.22. The van der Waals surface area contributed by atoms with Crippen LogP contribution in [0.2, 0.25) is 0 Å². The van der Waals surface area contributed by atoms with Gasteiger partial charge in [0.25, 0.3) is 0 Å². The summed E-state index contributed by atoms with van der Waals surface area (Å²) in [5.74, 6) is -0.412. The average molecular weight is 289 g/mol. The molecule has 114 valence electrons. The summed E-state index contributed by atoms with van der Waals surface area (Å²) >= 11 is 0. The van der Waals surface area contributed by atoms with Gasteiger partial charge in [-0.2, -0.15) is 0 Å². The molecule has 1 aliphatic rings. The van der Waals surface area contributed by atoms with Crippen molar-refractivity contribution in [3.8, 4) is 0 Å². The average Bonchev–Trinajstić information content (AvgIpc) is 3.29. The smallest absolute Gasteiger partial charge is 0.242 e. The van der Waals surface area contributed by atoms with E-state index < -0.39 is 12.1 Å². The Morgan fingerprint density at radius 2 is 1.90 bits per heavy atom. The van der Waals surface area contributed by atoms with Crippen LogP contribution in [-0.2, 0) is 16.0 Å². The second-order valence-electron chi connectivity index (χ2n) is 5.64. The molecule has 2 unspecified atom stereocenters. The first-order valence-corrected chi connectivity index (χ1v) is 7.46. The van der Waals surface area contributed by atoms with Crippen LogP contribution in [-0.4, -0.2) is 29.9 Å². The molecule has 0 heterocycles. The minimum Gasteiger partial charge on any atom is -0.352 e. The first-order chi connectivity index (χ1) is 10.1. The molecule has 5 heteroatoms. The third kappa shape index (κ3) is 5.19. The van der Waals surface area contributed by atoms with Crippen molar-refractivity contribution in [1.29, 1.82) is 0 Å². The van der Waals surface area contributed by atoms with Crippen LogP contribution >= 0.6 is 0 Å². The molecule has 0 aromatic heterocycles. The van der Waals surface area contributed by atoms with Gasteiger partial charge in [-0.1, -0.05) is 30.3 Å². The number of amides is 2. The van der Waals surface area contributed by atoms with Gasteiger partial charge in [-0.15, -0.1) is 0 Å². The highest BCUT2D eigenvalue weighted by molar-refractivity contribution is 5.89. The van der Waals surface area contributed by atoms with E-state index in [4.69, 9.17) is 5.73 Å². The topological polar surface area (TPSA) is 84.2 Å². The number of nitrogens with one attached hydrogen (secondary N) is 2. The number of rotatable bonds is 7. The Morgan fingerprint density at radius 3 is 2.52 bits per heavy atom. The number of benzene rings is 1. The molecule has 0 bridgehead atoms. The molecule has 21 heavy (non-hydrogen) atoms. The normalized spacial score (nSPS) is 16.9. The Bertz CT molecular complexity index is 486. The van der Waals surface area contributed by atoms with Crippen LogP contribution in [0, 0.1) is 0 Å². The molecule has 1 saturated carbocycles.